The van der Waals surface area contributed by atoms with Gasteiger partial charge < -0.3 is 13.9 Å². The van der Waals surface area contributed by atoms with Gasteiger partial charge in [0.2, 0.25) is 0 Å². The second-order valence-electron chi connectivity index (χ2n) is 3.94. The van der Waals surface area contributed by atoms with Crippen molar-refractivity contribution in [3.63, 3.8) is 0 Å². The number of para-hydroxylation sites is 1. The Kier molecular flexibility index (Phi) is 3.84. The fourth-order valence-corrected chi connectivity index (χ4v) is 1.70. The largest absolute Gasteiger partial charge is 0.462 e. The van der Waals surface area contributed by atoms with Gasteiger partial charge in [-0.1, -0.05) is 12.1 Å². The van der Waals surface area contributed by atoms with Crippen LogP contribution in [0, 0.1) is 0 Å². The second kappa shape index (κ2) is 5.56. The number of benzene rings is 1. The summed E-state index contributed by atoms with van der Waals surface area (Å²) in [5, 5.41) is 0.464. The molecule has 0 aliphatic heterocycles. The van der Waals surface area contributed by atoms with E-state index in [1.807, 2.05) is 0 Å². The van der Waals surface area contributed by atoms with E-state index in [4.69, 9.17) is 13.9 Å². The maximum atomic E-state index is 11.8. The maximum Gasteiger partial charge on any atom is 0.351 e. The molecule has 1 heterocycles. The first-order valence-electron chi connectivity index (χ1n) is 5.95. The predicted octanol–water partition coefficient (Wildman–Crippen LogP) is 1.90. The van der Waals surface area contributed by atoms with E-state index in [2.05, 4.69) is 0 Å². The molecule has 0 spiro atoms. The fourth-order valence-electron chi connectivity index (χ4n) is 1.70. The molecule has 0 radical (unpaired) electrons. The van der Waals surface area contributed by atoms with Gasteiger partial charge in [0.15, 0.2) is 11.3 Å². The van der Waals surface area contributed by atoms with Gasteiger partial charge in [0.1, 0.15) is 5.56 Å². The monoisotopic (exact) mass is 276 g/mol. The summed E-state index contributed by atoms with van der Waals surface area (Å²) in [5.74, 6) is -1.15. The van der Waals surface area contributed by atoms with Crippen LogP contribution in [0.4, 0.5) is 0 Å². The lowest BCUT2D eigenvalue weighted by Gasteiger charge is -2.06. The number of hydrogen-bond donors (Lipinski definition) is 0. The summed E-state index contributed by atoms with van der Waals surface area (Å²) in [7, 11) is 0. The van der Waals surface area contributed by atoms with Crippen LogP contribution in [0.5, 0.6) is 5.75 Å². The highest BCUT2D eigenvalue weighted by atomic mass is 16.5. The van der Waals surface area contributed by atoms with Crippen LogP contribution in [0.2, 0.25) is 0 Å². The summed E-state index contributed by atoms with van der Waals surface area (Å²) >= 11 is 0. The van der Waals surface area contributed by atoms with E-state index >= 15 is 0 Å². The molecule has 0 saturated heterocycles. The van der Waals surface area contributed by atoms with Crippen molar-refractivity contribution >= 4 is 22.9 Å². The first kappa shape index (κ1) is 13.8. The molecule has 0 aliphatic carbocycles. The first-order chi connectivity index (χ1) is 9.52. The van der Waals surface area contributed by atoms with Crippen LogP contribution in [-0.2, 0) is 9.53 Å². The molecule has 2 rings (SSSR count). The second-order valence-corrected chi connectivity index (χ2v) is 3.94. The summed E-state index contributed by atoms with van der Waals surface area (Å²) in [5.41, 5.74) is -0.921. The molecule has 0 N–H and O–H groups in total. The Morgan fingerprint density at radius 2 is 2.05 bits per heavy atom. The van der Waals surface area contributed by atoms with Gasteiger partial charge in [-0.05, 0) is 19.1 Å². The van der Waals surface area contributed by atoms with E-state index < -0.39 is 17.6 Å². The average Bonchev–Trinajstić information content (AvgIpc) is 2.38. The highest BCUT2D eigenvalue weighted by molar-refractivity contribution is 5.94. The molecule has 6 nitrogen and oxygen atoms in total. The van der Waals surface area contributed by atoms with Crippen LogP contribution in [0.1, 0.15) is 24.2 Å². The van der Waals surface area contributed by atoms with Crippen LogP contribution in [-0.4, -0.2) is 18.5 Å². The van der Waals surface area contributed by atoms with E-state index in [9.17, 15) is 14.4 Å². The van der Waals surface area contributed by atoms with Crippen LogP contribution in [0.3, 0.4) is 0 Å². The normalized spacial score (nSPS) is 10.3. The lowest BCUT2D eigenvalue weighted by atomic mass is 10.2. The van der Waals surface area contributed by atoms with E-state index in [-0.39, 0.29) is 23.5 Å². The molecule has 0 unspecified atom stereocenters. The lowest BCUT2D eigenvalue weighted by Crippen LogP contribution is -2.16. The number of carbonyl (C=O) groups is 2. The van der Waals surface area contributed by atoms with Gasteiger partial charge in [-0.3, -0.25) is 4.79 Å². The minimum atomic E-state index is -0.837. The Hall–Kier alpha value is -2.63. The summed E-state index contributed by atoms with van der Waals surface area (Å²) in [6.07, 6.45) is 0. The summed E-state index contributed by atoms with van der Waals surface area (Å²) in [4.78, 5) is 34.4. The molecule has 1 aromatic heterocycles. The van der Waals surface area contributed by atoms with E-state index in [1.54, 1.807) is 19.1 Å². The molecule has 20 heavy (non-hydrogen) atoms. The van der Waals surface area contributed by atoms with Gasteiger partial charge in [-0.15, -0.1) is 0 Å². The van der Waals surface area contributed by atoms with Gasteiger partial charge in [-0.2, -0.15) is 0 Å². The van der Waals surface area contributed by atoms with Crippen molar-refractivity contribution in [3.05, 3.63) is 40.2 Å². The average molecular weight is 276 g/mol. The van der Waals surface area contributed by atoms with Crippen molar-refractivity contribution in [2.75, 3.05) is 6.61 Å². The maximum absolute atomic E-state index is 11.8. The highest BCUT2D eigenvalue weighted by Gasteiger charge is 2.16. The van der Waals surface area contributed by atoms with Crippen molar-refractivity contribution in [2.45, 2.75) is 13.8 Å². The van der Waals surface area contributed by atoms with Crippen LogP contribution < -0.4 is 10.4 Å². The van der Waals surface area contributed by atoms with Crippen LogP contribution in [0.25, 0.3) is 11.0 Å². The molecule has 6 heteroatoms. The Balaban J connectivity index is 2.59. The number of hydrogen-bond acceptors (Lipinski definition) is 6. The third-order valence-corrected chi connectivity index (χ3v) is 2.47. The van der Waals surface area contributed by atoms with E-state index in [0.29, 0.717) is 5.39 Å². The smallest absolute Gasteiger partial charge is 0.351 e. The molecule has 0 aliphatic rings. The lowest BCUT2D eigenvalue weighted by molar-refractivity contribution is -0.131. The molecule has 0 amide bonds. The number of ether oxygens (including phenoxy) is 2. The molecule has 0 bridgehead atoms. The van der Waals surface area contributed by atoms with Crippen molar-refractivity contribution in [3.8, 4) is 5.75 Å². The number of esters is 2. The predicted molar refractivity (Wildman–Crippen MR) is 69.7 cm³/mol. The molecular weight excluding hydrogens is 264 g/mol. The van der Waals surface area contributed by atoms with Crippen molar-refractivity contribution in [1.82, 2.24) is 0 Å². The summed E-state index contributed by atoms with van der Waals surface area (Å²) < 4.78 is 14.8. The zero-order valence-corrected chi connectivity index (χ0v) is 11.0. The quantitative estimate of drug-likeness (QED) is 0.483. The topological polar surface area (TPSA) is 82.8 Å². The van der Waals surface area contributed by atoms with Gasteiger partial charge in [0, 0.05) is 12.3 Å². The molecule has 104 valence electrons. The summed E-state index contributed by atoms with van der Waals surface area (Å²) in [6, 6.07) is 6.10. The molecule has 0 saturated carbocycles. The minimum Gasteiger partial charge on any atom is -0.462 e. The Bertz CT molecular complexity index is 728. The third-order valence-electron chi connectivity index (χ3n) is 2.47. The zero-order valence-electron chi connectivity index (χ0n) is 11.0. The number of carbonyl (C=O) groups excluding carboxylic acids is 2. The number of rotatable bonds is 3. The Morgan fingerprint density at radius 1 is 1.30 bits per heavy atom. The molecular formula is C14H12O6. The van der Waals surface area contributed by atoms with Gasteiger partial charge >= 0.3 is 17.6 Å². The fraction of sp³-hybridized carbons (Fsp3) is 0.214. The van der Waals surface area contributed by atoms with Gasteiger partial charge in [-0.25, -0.2) is 9.59 Å². The molecule has 1 aromatic carbocycles. The summed E-state index contributed by atoms with van der Waals surface area (Å²) in [6.45, 7) is 3.03. The molecule has 2 aromatic rings. The van der Waals surface area contributed by atoms with E-state index in [1.165, 1.54) is 19.1 Å². The molecule has 0 atom stereocenters. The van der Waals surface area contributed by atoms with Crippen molar-refractivity contribution in [1.29, 1.82) is 0 Å². The highest BCUT2D eigenvalue weighted by Crippen LogP contribution is 2.25. The minimum absolute atomic E-state index is 0.112. The van der Waals surface area contributed by atoms with Crippen molar-refractivity contribution < 1.29 is 23.5 Å². The van der Waals surface area contributed by atoms with Gasteiger partial charge in [0.05, 0.1) is 6.61 Å². The SMILES string of the molecule is CCOC(=O)c1cc2cccc(OC(C)=O)c2oc1=O. The third kappa shape index (κ3) is 2.69. The number of fused-ring (bicyclic) bond motifs is 1. The first-order valence-corrected chi connectivity index (χ1v) is 5.95. The molecule has 0 fully saturated rings. The van der Waals surface area contributed by atoms with Crippen LogP contribution >= 0.6 is 0 Å². The van der Waals surface area contributed by atoms with Gasteiger partial charge in [0.25, 0.3) is 0 Å². The Labute approximate surface area is 113 Å². The van der Waals surface area contributed by atoms with Crippen molar-refractivity contribution in [2.24, 2.45) is 0 Å². The van der Waals surface area contributed by atoms with Crippen LogP contribution in [0.15, 0.2) is 33.5 Å². The zero-order chi connectivity index (χ0) is 14.7. The van der Waals surface area contributed by atoms with E-state index in [0.717, 1.165) is 0 Å². The Morgan fingerprint density at radius 3 is 2.70 bits per heavy atom. The standard InChI is InChI=1S/C14H12O6/c1-3-18-13(16)10-7-9-5-4-6-11(19-8(2)15)12(9)20-14(10)17/h4-7H,3H2,1-2H3.